The van der Waals surface area contributed by atoms with Crippen molar-refractivity contribution in [3.8, 4) is 5.69 Å². The molecule has 0 amide bonds. The normalized spacial score (nSPS) is 18.2. The molecule has 0 spiro atoms. The molecule has 0 aliphatic carbocycles. The lowest BCUT2D eigenvalue weighted by molar-refractivity contribution is 0.360. The van der Waals surface area contributed by atoms with E-state index in [0.29, 0.717) is 0 Å². The molecule has 1 aromatic carbocycles. The van der Waals surface area contributed by atoms with Crippen molar-refractivity contribution in [3.63, 3.8) is 0 Å². The molecule has 21 heavy (non-hydrogen) atoms. The van der Waals surface area contributed by atoms with Gasteiger partial charge in [-0.2, -0.15) is 5.10 Å². The maximum absolute atomic E-state index is 4.32. The Hall–Kier alpha value is -1.36. The van der Waals surface area contributed by atoms with Crippen molar-refractivity contribution >= 4 is 12.4 Å². The maximum Gasteiger partial charge on any atom is 0.0690 e. The second-order valence-corrected chi connectivity index (χ2v) is 5.42. The topological polar surface area (TPSA) is 41.9 Å². The number of hydrogen-bond acceptors (Lipinski definition) is 3. The van der Waals surface area contributed by atoms with Gasteiger partial charge in [0.25, 0.3) is 0 Å². The number of piperidine rings is 1. The summed E-state index contributed by atoms with van der Waals surface area (Å²) in [4.78, 5) is 0. The third-order valence-corrected chi connectivity index (χ3v) is 3.89. The Balaban J connectivity index is 0.00000161. The van der Waals surface area contributed by atoms with Gasteiger partial charge in [-0.15, -0.1) is 12.4 Å². The Morgan fingerprint density at radius 3 is 2.95 bits per heavy atom. The first-order valence-corrected chi connectivity index (χ1v) is 7.43. The molecule has 1 aliphatic heterocycles. The fourth-order valence-electron chi connectivity index (χ4n) is 2.80. The minimum Gasteiger partial charge on any atom is -0.316 e. The van der Waals surface area contributed by atoms with Crippen LogP contribution in [0.2, 0.25) is 0 Å². The lowest BCUT2D eigenvalue weighted by Gasteiger charge is -2.23. The van der Waals surface area contributed by atoms with E-state index in [1.54, 1.807) is 0 Å². The fraction of sp³-hybridized carbons (Fsp3) is 0.438. The monoisotopic (exact) mass is 306 g/mol. The van der Waals surface area contributed by atoms with Gasteiger partial charge in [0.1, 0.15) is 0 Å². The minimum absolute atomic E-state index is 0. The van der Waals surface area contributed by atoms with Crippen molar-refractivity contribution < 1.29 is 0 Å². The van der Waals surface area contributed by atoms with Gasteiger partial charge < -0.3 is 10.6 Å². The first-order valence-electron chi connectivity index (χ1n) is 7.43. The molecule has 1 unspecified atom stereocenters. The van der Waals surface area contributed by atoms with Crippen LogP contribution in [0.1, 0.15) is 18.4 Å². The Labute approximate surface area is 132 Å². The van der Waals surface area contributed by atoms with Crippen molar-refractivity contribution in [1.82, 2.24) is 20.4 Å². The fourth-order valence-corrected chi connectivity index (χ4v) is 2.80. The Kier molecular flexibility index (Phi) is 6.23. The molecule has 3 rings (SSSR count). The predicted octanol–water partition coefficient (Wildman–Crippen LogP) is 2.38. The summed E-state index contributed by atoms with van der Waals surface area (Å²) in [6, 6.07) is 10.4. The highest BCUT2D eigenvalue weighted by atomic mass is 35.5. The van der Waals surface area contributed by atoms with Crippen LogP contribution in [0.3, 0.4) is 0 Å². The molecular formula is C16H23ClN4. The Bertz CT molecular complexity index is 521. The average Bonchev–Trinajstić information content (AvgIpc) is 3.03. The van der Waals surface area contributed by atoms with Gasteiger partial charge in [-0.25, -0.2) is 4.68 Å². The Morgan fingerprint density at radius 1 is 1.29 bits per heavy atom. The van der Waals surface area contributed by atoms with Crippen LogP contribution >= 0.6 is 12.4 Å². The second kappa shape index (κ2) is 8.17. The van der Waals surface area contributed by atoms with E-state index in [1.807, 2.05) is 23.1 Å². The second-order valence-electron chi connectivity index (χ2n) is 5.42. The number of hydrogen-bond donors (Lipinski definition) is 2. The minimum atomic E-state index is 0. The van der Waals surface area contributed by atoms with Gasteiger partial charge in [-0.05, 0) is 56.1 Å². The van der Waals surface area contributed by atoms with Crippen LogP contribution in [-0.2, 0) is 6.54 Å². The van der Waals surface area contributed by atoms with Crippen LogP contribution in [0.15, 0.2) is 42.7 Å². The van der Waals surface area contributed by atoms with Gasteiger partial charge in [0.15, 0.2) is 0 Å². The smallest absolute Gasteiger partial charge is 0.0690 e. The van der Waals surface area contributed by atoms with Gasteiger partial charge in [0.05, 0.1) is 5.69 Å². The summed E-state index contributed by atoms with van der Waals surface area (Å²) in [6.07, 6.45) is 6.44. The molecule has 0 saturated carbocycles. The molecule has 4 nitrogen and oxygen atoms in total. The van der Waals surface area contributed by atoms with E-state index in [2.05, 4.69) is 40.0 Å². The van der Waals surface area contributed by atoms with E-state index >= 15 is 0 Å². The van der Waals surface area contributed by atoms with Gasteiger partial charge >= 0.3 is 0 Å². The third kappa shape index (κ3) is 4.30. The van der Waals surface area contributed by atoms with Crippen molar-refractivity contribution in [2.24, 2.45) is 5.92 Å². The number of halogens is 1. The molecule has 1 fully saturated rings. The van der Waals surface area contributed by atoms with Gasteiger partial charge in [-0.1, -0.05) is 18.2 Å². The summed E-state index contributed by atoms with van der Waals surface area (Å²) in [7, 11) is 0. The number of rotatable bonds is 5. The maximum atomic E-state index is 4.32. The molecule has 1 atom stereocenters. The first-order chi connectivity index (χ1) is 9.93. The van der Waals surface area contributed by atoms with Crippen LogP contribution in [0, 0.1) is 5.92 Å². The van der Waals surface area contributed by atoms with Crippen molar-refractivity contribution in [3.05, 3.63) is 48.3 Å². The van der Waals surface area contributed by atoms with E-state index in [1.165, 1.54) is 24.9 Å². The average molecular weight is 307 g/mol. The molecule has 2 heterocycles. The van der Waals surface area contributed by atoms with Crippen LogP contribution in [-0.4, -0.2) is 29.4 Å². The first kappa shape index (κ1) is 16.0. The SMILES string of the molecule is Cl.c1ccc(-n2cccn2)c(CNCC2CCCNC2)c1. The molecular weight excluding hydrogens is 284 g/mol. The zero-order valence-electron chi connectivity index (χ0n) is 12.2. The van der Waals surface area contributed by atoms with E-state index < -0.39 is 0 Å². The van der Waals surface area contributed by atoms with Crippen LogP contribution in [0.5, 0.6) is 0 Å². The van der Waals surface area contributed by atoms with Gasteiger partial charge in [-0.3, -0.25) is 0 Å². The lowest BCUT2D eigenvalue weighted by Crippen LogP contribution is -2.35. The number of nitrogens with zero attached hydrogens (tertiary/aromatic N) is 2. The molecule has 114 valence electrons. The van der Waals surface area contributed by atoms with Crippen LogP contribution in [0.4, 0.5) is 0 Å². The highest BCUT2D eigenvalue weighted by molar-refractivity contribution is 5.85. The van der Waals surface area contributed by atoms with E-state index in [-0.39, 0.29) is 12.4 Å². The molecule has 5 heteroatoms. The standard InChI is InChI=1S/C16H22N4.ClH/c1-2-7-16(20-10-4-9-19-20)15(6-1)13-18-12-14-5-3-8-17-11-14;/h1-2,4,6-7,9-10,14,17-18H,3,5,8,11-13H2;1H. The molecule has 0 bridgehead atoms. The highest BCUT2D eigenvalue weighted by Crippen LogP contribution is 2.14. The summed E-state index contributed by atoms with van der Waals surface area (Å²) in [5, 5.41) is 11.4. The van der Waals surface area contributed by atoms with Gasteiger partial charge in [0, 0.05) is 18.9 Å². The van der Waals surface area contributed by atoms with Crippen LogP contribution in [0.25, 0.3) is 5.69 Å². The summed E-state index contributed by atoms with van der Waals surface area (Å²) >= 11 is 0. The zero-order valence-corrected chi connectivity index (χ0v) is 13.0. The quantitative estimate of drug-likeness (QED) is 0.891. The molecule has 1 aromatic heterocycles. The third-order valence-electron chi connectivity index (χ3n) is 3.89. The van der Waals surface area contributed by atoms with E-state index in [0.717, 1.165) is 31.2 Å². The number of nitrogens with one attached hydrogen (secondary N) is 2. The van der Waals surface area contributed by atoms with E-state index in [4.69, 9.17) is 0 Å². The van der Waals surface area contributed by atoms with Crippen molar-refractivity contribution in [2.75, 3.05) is 19.6 Å². The predicted molar refractivity (Wildman–Crippen MR) is 88.1 cm³/mol. The zero-order chi connectivity index (χ0) is 13.6. The lowest BCUT2D eigenvalue weighted by atomic mass is 10.00. The molecule has 0 radical (unpaired) electrons. The molecule has 2 N–H and O–H groups in total. The number of aromatic nitrogens is 2. The summed E-state index contributed by atoms with van der Waals surface area (Å²) < 4.78 is 1.93. The summed E-state index contributed by atoms with van der Waals surface area (Å²) in [5.74, 6) is 0.764. The van der Waals surface area contributed by atoms with Crippen molar-refractivity contribution in [2.45, 2.75) is 19.4 Å². The van der Waals surface area contributed by atoms with Crippen molar-refractivity contribution in [1.29, 1.82) is 0 Å². The number of benzene rings is 1. The highest BCUT2D eigenvalue weighted by Gasteiger charge is 2.12. The van der Waals surface area contributed by atoms with Crippen LogP contribution < -0.4 is 10.6 Å². The Morgan fingerprint density at radius 2 is 2.19 bits per heavy atom. The molecule has 2 aromatic rings. The van der Waals surface area contributed by atoms with Gasteiger partial charge in [0.2, 0.25) is 0 Å². The molecule has 1 aliphatic rings. The largest absolute Gasteiger partial charge is 0.316 e. The summed E-state index contributed by atoms with van der Waals surface area (Å²) in [5.41, 5.74) is 2.45. The molecule has 1 saturated heterocycles. The van der Waals surface area contributed by atoms with E-state index in [9.17, 15) is 0 Å². The number of para-hydroxylation sites is 1. The summed E-state index contributed by atoms with van der Waals surface area (Å²) in [6.45, 7) is 4.30.